The minimum Gasteiger partial charge on any atom is -0.468 e. The second-order valence-corrected chi connectivity index (χ2v) is 7.50. The van der Waals surface area contributed by atoms with Crippen molar-refractivity contribution in [1.82, 2.24) is 5.32 Å². The fraction of sp³-hybridized carbons (Fsp3) is 0.136. The lowest BCUT2D eigenvalue weighted by Gasteiger charge is -2.17. The number of nitrogens with zero attached hydrogens (tertiary/aromatic N) is 1. The number of imide groups is 1. The van der Waals surface area contributed by atoms with Gasteiger partial charge in [0.1, 0.15) is 5.76 Å². The Morgan fingerprint density at radius 2 is 1.62 bits per heavy atom. The zero-order valence-corrected chi connectivity index (χ0v) is 16.3. The van der Waals surface area contributed by atoms with Gasteiger partial charge in [-0.1, -0.05) is 24.3 Å². The first-order valence-electron chi connectivity index (χ1n) is 9.12. The Hall–Kier alpha value is -3.32. The summed E-state index contributed by atoms with van der Waals surface area (Å²) in [4.78, 5) is 39.3. The highest BCUT2D eigenvalue weighted by molar-refractivity contribution is 7.98. The number of anilines is 1. The lowest BCUT2D eigenvalue weighted by Crippen LogP contribution is -2.33. The van der Waals surface area contributed by atoms with Crippen molar-refractivity contribution < 1.29 is 18.8 Å². The smallest absolute Gasteiger partial charge is 0.266 e. The van der Waals surface area contributed by atoms with Gasteiger partial charge in [-0.05, 0) is 36.4 Å². The summed E-state index contributed by atoms with van der Waals surface area (Å²) in [5, 5.41) is 2.85. The van der Waals surface area contributed by atoms with E-state index in [0.717, 1.165) is 16.4 Å². The van der Waals surface area contributed by atoms with Gasteiger partial charge in [0.2, 0.25) is 0 Å². The van der Waals surface area contributed by atoms with E-state index in [2.05, 4.69) is 5.32 Å². The Morgan fingerprint density at radius 1 is 0.931 bits per heavy atom. The molecular weight excluding hydrogens is 388 g/mol. The van der Waals surface area contributed by atoms with E-state index in [1.807, 2.05) is 12.1 Å². The molecule has 0 unspecified atom stereocenters. The molecule has 1 aliphatic heterocycles. The van der Waals surface area contributed by atoms with Crippen LogP contribution in [0.15, 0.2) is 71.3 Å². The van der Waals surface area contributed by atoms with Gasteiger partial charge in [-0.25, -0.2) is 4.90 Å². The van der Waals surface area contributed by atoms with Gasteiger partial charge >= 0.3 is 0 Å². The molecule has 7 heteroatoms. The molecule has 2 aromatic carbocycles. The summed E-state index contributed by atoms with van der Waals surface area (Å²) >= 11 is 1.64. The van der Waals surface area contributed by atoms with Gasteiger partial charge in [0.25, 0.3) is 17.7 Å². The minimum absolute atomic E-state index is 0.290. The average Bonchev–Trinajstić information content (AvgIpc) is 3.35. The van der Waals surface area contributed by atoms with Gasteiger partial charge < -0.3 is 9.73 Å². The van der Waals surface area contributed by atoms with E-state index in [-0.39, 0.29) is 11.5 Å². The maximum Gasteiger partial charge on any atom is 0.266 e. The Kier molecular flexibility index (Phi) is 5.48. The topological polar surface area (TPSA) is 79.6 Å². The number of nitrogens with one attached hydrogen (secondary N) is 1. The highest BCUT2D eigenvalue weighted by atomic mass is 32.2. The van der Waals surface area contributed by atoms with E-state index in [0.29, 0.717) is 29.1 Å². The Bertz CT molecular complexity index is 1030. The van der Waals surface area contributed by atoms with Crippen LogP contribution >= 0.6 is 11.8 Å². The normalized spacial score (nSPS) is 12.9. The van der Waals surface area contributed by atoms with Crippen LogP contribution in [0.3, 0.4) is 0 Å². The van der Waals surface area contributed by atoms with Crippen LogP contribution in [0.4, 0.5) is 5.69 Å². The Balaban J connectivity index is 1.44. The third kappa shape index (κ3) is 3.82. The van der Waals surface area contributed by atoms with Crippen molar-refractivity contribution in [3.8, 4) is 0 Å². The summed E-state index contributed by atoms with van der Waals surface area (Å²) < 4.78 is 5.27. The molecule has 0 saturated carbocycles. The van der Waals surface area contributed by atoms with E-state index < -0.39 is 11.8 Å². The van der Waals surface area contributed by atoms with Crippen LogP contribution in [0.1, 0.15) is 36.8 Å². The van der Waals surface area contributed by atoms with Gasteiger partial charge in [0, 0.05) is 12.3 Å². The first kappa shape index (κ1) is 19.0. The maximum absolute atomic E-state index is 12.8. The molecule has 0 atom stereocenters. The standard InChI is InChI=1S/C22H18N2O4S/c25-20(23-11-13-29-14-15-6-5-12-28-15)18-9-3-4-10-19(18)24-21(26)16-7-1-2-8-17(16)22(24)27/h1-10,12H,11,13-14H2,(H,23,25). The van der Waals surface area contributed by atoms with Crippen LogP contribution in [-0.4, -0.2) is 30.0 Å². The number of rotatable bonds is 7. The molecule has 1 aliphatic rings. The predicted octanol–water partition coefficient (Wildman–Crippen LogP) is 3.74. The molecule has 1 N–H and O–H groups in total. The van der Waals surface area contributed by atoms with Crippen LogP contribution in [0.2, 0.25) is 0 Å². The molecule has 0 bridgehead atoms. The van der Waals surface area contributed by atoms with Crippen molar-refractivity contribution in [2.24, 2.45) is 0 Å². The van der Waals surface area contributed by atoms with E-state index in [1.165, 1.54) is 0 Å². The number of amides is 3. The largest absolute Gasteiger partial charge is 0.468 e. The summed E-state index contributed by atoms with van der Waals surface area (Å²) in [5.41, 5.74) is 1.28. The Morgan fingerprint density at radius 3 is 2.31 bits per heavy atom. The number of furan rings is 1. The molecule has 3 amide bonds. The lowest BCUT2D eigenvalue weighted by molar-refractivity contribution is 0.0926. The predicted molar refractivity (Wildman–Crippen MR) is 111 cm³/mol. The fourth-order valence-corrected chi connectivity index (χ4v) is 3.92. The van der Waals surface area contributed by atoms with E-state index >= 15 is 0 Å². The third-order valence-electron chi connectivity index (χ3n) is 4.54. The maximum atomic E-state index is 12.8. The van der Waals surface area contributed by atoms with Crippen molar-refractivity contribution in [1.29, 1.82) is 0 Å². The lowest BCUT2D eigenvalue weighted by atomic mass is 10.1. The summed E-state index contributed by atoms with van der Waals surface area (Å²) in [7, 11) is 0. The van der Waals surface area contributed by atoms with Crippen molar-refractivity contribution in [2.45, 2.75) is 5.75 Å². The van der Waals surface area contributed by atoms with Gasteiger partial charge in [-0.3, -0.25) is 14.4 Å². The number of para-hydroxylation sites is 1. The summed E-state index contributed by atoms with van der Waals surface area (Å²) in [6, 6.07) is 17.1. The van der Waals surface area contributed by atoms with Crippen molar-refractivity contribution in [3.63, 3.8) is 0 Å². The number of benzene rings is 2. The first-order valence-corrected chi connectivity index (χ1v) is 10.3. The van der Waals surface area contributed by atoms with Crippen LogP contribution in [0.5, 0.6) is 0 Å². The number of carbonyl (C=O) groups is 3. The van der Waals surface area contributed by atoms with Crippen LogP contribution < -0.4 is 10.2 Å². The quantitative estimate of drug-likeness (QED) is 0.478. The number of carbonyl (C=O) groups excluding carboxylic acids is 3. The average molecular weight is 406 g/mol. The van der Waals surface area contributed by atoms with Crippen molar-refractivity contribution in [3.05, 3.63) is 89.4 Å². The fourth-order valence-electron chi connectivity index (χ4n) is 3.17. The van der Waals surface area contributed by atoms with Gasteiger partial charge in [0.15, 0.2) is 0 Å². The van der Waals surface area contributed by atoms with Crippen molar-refractivity contribution in [2.75, 3.05) is 17.2 Å². The molecule has 1 aromatic heterocycles. The van der Waals surface area contributed by atoms with Crippen molar-refractivity contribution >= 4 is 35.2 Å². The minimum atomic E-state index is -0.417. The second-order valence-electron chi connectivity index (χ2n) is 6.40. The van der Waals surface area contributed by atoms with Crippen LogP contribution in [0.25, 0.3) is 0 Å². The molecule has 146 valence electrons. The monoisotopic (exact) mass is 406 g/mol. The molecule has 3 aromatic rings. The first-order chi connectivity index (χ1) is 14.2. The number of fused-ring (bicyclic) bond motifs is 1. The van der Waals surface area contributed by atoms with Gasteiger partial charge in [-0.2, -0.15) is 11.8 Å². The summed E-state index contributed by atoms with van der Waals surface area (Å²) in [6.07, 6.45) is 1.63. The zero-order valence-electron chi connectivity index (χ0n) is 15.5. The summed E-state index contributed by atoms with van der Waals surface area (Å²) in [6.45, 7) is 0.459. The number of thioether (sulfide) groups is 1. The van der Waals surface area contributed by atoms with E-state index in [1.54, 1.807) is 66.6 Å². The molecule has 0 fully saturated rings. The van der Waals surface area contributed by atoms with E-state index in [9.17, 15) is 14.4 Å². The van der Waals surface area contributed by atoms with Gasteiger partial charge in [-0.15, -0.1) is 0 Å². The molecule has 29 heavy (non-hydrogen) atoms. The summed E-state index contributed by atoms with van der Waals surface area (Å²) in [5.74, 6) is 1.17. The SMILES string of the molecule is O=C(NCCSCc1ccco1)c1ccccc1N1C(=O)c2ccccc2C1=O. The zero-order chi connectivity index (χ0) is 20.2. The van der Waals surface area contributed by atoms with Gasteiger partial charge in [0.05, 0.1) is 34.4 Å². The molecule has 2 heterocycles. The highest BCUT2D eigenvalue weighted by Gasteiger charge is 2.37. The molecule has 6 nitrogen and oxygen atoms in total. The van der Waals surface area contributed by atoms with Crippen LogP contribution in [-0.2, 0) is 5.75 Å². The van der Waals surface area contributed by atoms with E-state index in [4.69, 9.17) is 4.42 Å². The molecule has 0 spiro atoms. The number of hydrogen-bond acceptors (Lipinski definition) is 5. The number of hydrogen-bond donors (Lipinski definition) is 1. The second kappa shape index (κ2) is 8.36. The molecule has 4 rings (SSSR count). The molecule has 0 aliphatic carbocycles. The highest BCUT2D eigenvalue weighted by Crippen LogP contribution is 2.30. The Labute approximate surface area is 171 Å². The molecular formula is C22H18N2O4S. The molecule has 0 radical (unpaired) electrons. The van der Waals surface area contributed by atoms with Crippen LogP contribution in [0, 0.1) is 0 Å². The molecule has 0 saturated heterocycles. The third-order valence-corrected chi connectivity index (χ3v) is 5.52.